The molecule has 0 saturated carbocycles. The fourth-order valence-electron chi connectivity index (χ4n) is 1.62. The number of thioether (sulfide) groups is 1. The molecule has 0 bridgehead atoms. The molecule has 8 nitrogen and oxygen atoms in total. The van der Waals surface area contributed by atoms with Gasteiger partial charge in [-0.05, 0) is 26.0 Å². The number of hydrogen-bond donors (Lipinski definition) is 3. The lowest BCUT2D eigenvalue weighted by atomic mass is 10.2. The maximum absolute atomic E-state index is 11.7. The van der Waals surface area contributed by atoms with E-state index in [2.05, 4.69) is 10.6 Å². The molecule has 1 aromatic rings. The summed E-state index contributed by atoms with van der Waals surface area (Å²) < 4.78 is 4.71. The van der Waals surface area contributed by atoms with Gasteiger partial charge >= 0.3 is 12.0 Å². The van der Waals surface area contributed by atoms with E-state index < -0.39 is 24.5 Å². The summed E-state index contributed by atoms with van der Waals surface area (Å²) in [6, 6.07) is 6.70. The van der Waals surface area contributed by atoms with E-state index in [9.17, 15) is 19.2 Å². The van der Waals surface area contributed by atoms with E-state index in [1.807, 2.05) is 24.4 Å². The van der Waals surface area contributed by atoms with Crippen LogP contribution in [0.5, 0.6) is 0 Å². The first-order valence-corrected chi connectivity index (χ1v) is 8.73. The summed E-state index contributed by atoms with van der Waals surface area (Å²) in [7, 11) is 0. The molecule has 0 aliphatic carbocycles. The van der Waals surface area contributed by atoms with E-state index in [1.54, 1.807) is 19.1 Å². The molecule has 0 heterocycles. The van der Waals surface area contributed by atoms with Crippen LogP contribution in [0.25, 0.3) is 0 Å². The van der Waals surface area contributed by atoms with Gasteiger partial charge in [0.15, 0.2) is 6.61 Å². The minimum Gasteiger partial charge on any atom is -0.455 e. The highest BCUT2D eigenvalue weighted by Crippen LogP contribution is 2.09. The van der Waals surface area contributed by atoms with E-state index >= 15 is 0 Å². The van der Waals surface area contributed by atoms with Gasteiger partial charge in [-0.15, -0.1) is 11.8 Å². The second kappa shape index (κ2) is 11.1. The zero-order valence-electron chi connectivity index (χ0n) is 14.1. The van der Waals surface area contributed by atoms with Crippen molar-refractivity contribution in [1.82, 2.24) is 10.6 Å². The molecule has 0 saturated heterocycles. The summed E-state index contributed by atoms with van der Waals surface area (Å²) in [5.74, 6) is -1.60. The number of amides is 4. The molecular formula is C16H21N3O5S. The topological polar surface area (TPSA) is 114 Å². The standard InChI is InChI=1S/C16H21N3O5S/c1-3-17-16(23)19-13(20)8-24-15(22)10-25-9-14(21)18-12-6-4-11(2)5-7-12/h4-7H,3,8-10H2,1-2H3,(H,18,21)(H2,17,19,20,23). The minimum absolute atomic E-state index is 0.0737. The number of ether oxygens (including phenoxy) is 1. The third-order valence-corrected chi connectivity index (χ3v) is 3.65. The van der Waals surface area contributed by atoms with Crippen molar-refractivity contribution in [2.45, 2.75) is 13.8 Å². The summed E-state index contributed by atoms with van der Waals surface area (Å²) in [5, 5.41) is 7.08. The summed E-state index contributed by atoms with van der Waals surface area (Å²) >= 11 is 1.07. The van der Waals surface area contributed by atoms with E-state index in [0.29, 0.717) is 12.2 Å². The molecule has 9 heteroatoms. The number of rotatable bonds is 8. The monoisotopic (exact) mass is 367 g/mol. The quantitative estimate of drug-likeness (QED) is 0.592. The normalized spacial score (nSPS) is 9.84. The van der Waals surface area contributed by atoms with Crippen LogP contribution in [-0.2, 0) is 19.1 Å². The lowest BCUT2D eigenvalue weighted by Crippen LogP contribution is -2.41. The van der Waals surface area contributed by atoms with Crippen molar-refractivity contribution in [3.8, 4) is 0 Å². The Hall–Kier alpha value is -2.55. The fraction of sp³-hybridized carbons (Fsp3) is 0.375. The Balaban J connectivity index is 2.17. The van der Waals surface area contributed by atoms with E-state index in [-0.39, 0.29) is 17.4 Å². The Morgan fingerprint density at radius 3 is 2.36 bits per heavy atom. The van der Waals surface area contributed by atoms with E-state index in [1.165, 1.54) is 0 Å². The van der Waals surface area contributed by atoms with Crippen LogP contribution in [0.3, 0.4) is 0 Å². The molecule has 1 rings (SSSR count). The van der Waals surface area contributed by atoms with Crippen LogP contribution < -0.4 is 16.0 Å². The van der Waals surface area contributed by atoms with Crippen LogP contribution in [0.2, 0.25) is 0 Å². The van der Waals surface area contributed by atoms with Gasteiger partial charge in [0.2, 0.25) is 5.91 Å². The van der Waals surface area contributed by atoms with Crippen LogP contribution >= 0.6 is 11.8 Å². The fourth-order valence-corrected chi connectivity index (χ4v) is 2.23. The molecule has 25 heavy (non-hydrogen) atoms. The highest BCUT2D eigenvalue weighted by atomic mass is 32.2. The first-order chi connectivity index (χ1) is 11.9. The number of anilines is 1. The number of benzene rings is 1. The number of carbonyl (C=O) groups is 4. The Labute approximate surface area is 150 Å². The highest BCUT2D eigenvalue weighted by molar-refractivity contribution is 8.00. The predicted octanol–water partition coefficient (Wildman–Crippen LogP) is 1.06. The molecule has 1 aromatic carbocycles. The van der Waals surface area contributed by atoms with E-state index in [4.69, 9.17) is 4.74 Å². The lowest BCUT2D eigenvalue weighted by molar-refractivity contribution is -0.145. The molecule has 0 aromatic heterocycles. The smallest absolute Gasteiger partial charge is 0.321 e. The number of aryl methyl sites for hydroxylation is 1. The van der Waals surface area contributed by atoms with Crippen LogP contribution in [0.15, 0.2) is 24.3 Å². The van der Waals surface area contributed by atoms with Crippen LogP contribution in [-0.4, -0.2) is 48.5 Å². The second-order valence-electron chi connectivity index (χ2n) is 4.98. The number of nitrogens with one attached hydrogen (secondary N) is 3. The van der Waals surface area contributed by atoms with Crippen LogP contribution in [0, 0.1) is 6.92 Å². The van der Waals surface area contributed by atoms with Gasteiger partial charge < -0.3 is 15.4 Å². The first kappa shape index (κ1) is 20.5. The third-order valence-electron chi connectivity index (χ3n) is 2.74. The molecule has 0 unspecified atom stereocenters. The number of hydrogen-bond acceptors (Lipinski definition) is 6. The average Bonchev–Trinajstić information content (AvgIpc) is 2.55. The van der Waals surface area contributed by atoms with E-state index in [0.717, 1.165) is 17.3 Å². The maximum Gasteiger partial charge on any atom is 0.321 e. The largest absolute Gasteiger partial charge is 0.455 e. The molecule has 0 aliphatic rings. The van der Waals surface area contributed by atoms with Crippen molar-refractivity contribution >= 4 is 41.3 Å². The van der Waals surface area contributed by atoms with Gasteiger partial charge in [-0.25, -0.2) is 4.79 Å². The average molecular weight is 367 g/mol. The number of esters is 1. The molecule has 136 valence electrons. The Kier molecular flexibility index (Phi) is 9.09. The van der Waals surface area contributed by atoms with Gasteiger partial charge in [-0.1, -0.05) is 17.7 Å². The van der Waals surface area contributed by atoms with Crippen LogP contribution in [0.4, 0.5) is 10.5 Å². The van der Waals surface area contributed by atoms with Gasteiger partial charge in [-0.2, -0.15) is 0 Å². The highest BCUT2D eigenvalue weighted by Gasteiger charge is 2.11. The number of urea groups is 1. The van der Waals surface area contributed by atoms with Gasteiger partial charge in [-0.3, -0.25) is 19.7 Å². The minimum atomic E-state index is -0.721. The van der Waals surface area contributed by atoms with Crippen molar-refractivity contribution in [3.05, 3.63) is 29.8 Å². The molecule has 0 radical (unpaired) electrons. The Morgan fingerprint density at radius 1 is 1.04 bits per heavy atom. The van der Waals surface area contributed by atoms with Crippen molar-refractivity contribution in [2.75, 3.05) is 30.0 Å². The summed E-state index contributed by atoms with van der Waals surface area (Å²) in [6.07, 6.45) is 0. The molecule has 3 N–H and O–H groups in total. The summed E-state index contributed by atoms with van der Waals surface area (Å²) in [5.41, 5.74) is 1.77. The third kappa shape index (κ3) is 9.36. The summed E-state index contributed by atoms with van der Waals surface area (Å²) in [6.45, 7) is 3.48. The van der Waals surface area contributed by atoms with Gasteiger partial charge in [0.05, 0.1) is 11.5 Å². The summed E-state index contributed by atoms with van der Waals surface area (Å²) in [4.78, 5) is 45.6. The Bertz CT molecular complexity index is 619. The molecule has 0 atom stereocenters. The second-order valence-corrected chi connectivity index (χ2v) is 5.96. The van der Waals surface area contributed by atoms with Gasteiger partial charge in [0.25, 0.3) is 5.91 Å². The molecule has 0 fully saturated rings. The number of carbonyl (C=O) groups excluding carboxylic acids is 4. The van der Waals surface area contributed by atoms with Crippen molar-refractivity contribution in [2.24, 2.45) is 0 Å². The number of imide groups is 1. The zero-order chi connectivity index (χ0) is 18.7. The van der Waals surface area contributed by atoms with Crippen molar-refractivity contribution < 1.29 is 23.9 Å². The Morgan fingerprint density at radius 2 is 1.72 bits per heavy atom. The van der Waals surface area contributed by atoms with Gasteiger partial charge in [0, 0.05) is 12.2 Å². The molecular weight excluding hydrogens is 346 g/mol. The maximum atomic E-state index is 11.7. The predicted molar refractivity (Wildman–Crippen MR) is 95.3 cm³/mol. The van der Waals surface area contributed by atoms with Crippen molar-refractivity contribution in [3.63, 3.8) is 0 Å². The molecule has 0 spiro atoms. The van der Waals surface area contributed by atoms with Gasteiger partial charge in [0.1, 0.15) is 0 Å². The first-order valence-electron chi connectivity index (χ1n) is 7.58. The zero-order valence-corrected chi connectivity index (χ0v) is 14.9. The molecule has 0 aliphatic heterocycles. The SMILES string of the molecule is CCNC(=O)NC(=O)COC(=O)CSCC(=O)Nc1ccc(C)cc1. The van der Waals surface area contributed by atoms with Crippen LogP contribution in [0.1, 0.15) is 12.5 Å². The molecule has 4 amide bonds. The van der Waals surface area contributed by atoms with Crippen molar-refractivity contribution in [1.29, 1.82) is 0 Å². The lowest BCUT2D eigenvalue weighted by Gasteiger charge is -2.07.